The van der Waals surface area contributed by atoms with Crippen LogP contribution < -0.4 is 10.9 Å². The fraction of sp³-hybridized carbons (Fsp3) is 0.0833. The SMILES string of the molecule is O=C(CSc1nnc2[nH]c(=O)cnn12)Nc1ccc(Br)cc1. The van der Waals surface area contributed by atoms with Crippen molar-refractivity contribution in [3.05, 3.63) is 45.3 Å². The molecule has 0 unspecified atom stereocenters. The number of anilines is 1. The third-order valence-electron chi connectivity index (χ3n) is 2.60. The Bertz CT molecular complexity index is 875. The molecule has 0 saturated carbocycles. The molecule has 1 aromatic carbocycles. The molecule has 0 bridgehead atoms. The van der Waals surface area contributed by atoms with Crippen molar-refractivity contribution in [3.63, 3.8) is 0 Å². The maximum atomic E-state index is 11.9. The van der Waals surface area contributed by atoms with Gasteiger partial charge in [0.15, 0.2) is 0 Å². The fourth-order valence-corrected chi connectivity index (χ4v) is 2.60. The number of amides is 1. The quantitative estimate of drug-likeness (QED) is 0.661. The standard InChI is InChI=1S/C12H9BrN6O2S/c13-7-1-3-8(4-2-7)15-10(21)6-22-12-18-17-11-16-9(20)5-14-19(11)12/h1-5H,6H2,(H,15,21)(H,16,17,20). The molecule has 2 N–H and O–H groups in total. The maximum absolute atomic E-state index is 11.9. The van der Waals surface area contributed by atoms with Crippen LogP contribution in [-0.2, 0) is 4.79 Å². The summed E-state index contributed by atoms with van der Waals surface area (Å²) in [6, 6.07) is 7.28. The van der Waals surface area contributed by atoms with E-state index < -0.39 is 0 Å². The fourth-order valence-electron chi connectivity index (χ4n) is 1.65. The predicted octanol–water partition coefficient (Wildman–Crippen LogP) is 1.31. The summed E-state index contributed by atoms with van der Waals surface area (Å²) in [6.07, 6.45) is 1.13. The molecule has 0 atom stereocenters. The summed E-state index contributed by atoms with van der Waals surface area (Å²) in [5.74, 6) is 0.217. The number of benzene rings is 1. The minimum absolute atomic E-state index is 0.150. The number of hydrogen-bond acceptors (Lipinski definition) is 6. The summed E-state index contributed by atoms with van der Waals surface area (Å²) in [6.45, 7) is 0. The molecule has 8 nitrogen and oxygen atoms in total. The van der Waals surface area contributed by atoms with Gasteiger partial charge in [-0.3, -0.25) is 14.6 Å². The zero-order chi connectivity index (χ0) is 15.5. The third-order valence-corrected chi connectivity index (χ3v) is 4.05. The van der Waals surface area contributed by atoms with Gasteiger partial charge in [-0.2, -0.15) is 9.61 Å². The Balaban J connectivity index is 1.65. The van der Waals surface area contributed by atoms with Crippen molar-refractivity contribution < 1.29 is 4.79 Å². The lowest BCUT2D eigenvalue weighted by Gasteiger charge is -2.04. The van der Waals surface area contributed by atoms with Gasteiger partial charge in [0.1, 0.15) is 6.20 Å². The van der Waals surface area contributed by atoms with Gasteiger partial charge in [-0.05, 0) is 24.3 Å². The first-order valence-electron chi connectivity index (χ1n) is 6.11. The van der Waals surface area contributed by atoms with Crippen molar-refractivity contribution >= 4 is 45.1 Å². The van der Waals surface area contributed by atoms with Crippen LogP contribution in [0.25, 0.3) is 5.78 Å². The van der Waals surface area contributed by atoms with E-state index in [4.69, 9.17) is 0 Å². The second-order valence-electron chi connectivity index (χ2n) is 4.20. The average molecular weight is 381 g/mol. The highest BCUT2D eigenvalue weighted by Gasteiger charge is 2.10. The smallest absolute Gasteiger partial charge is 0.271 e. The second kappa shape index (κ2) is 6.28. The Hall–Kier alpha value is -2.20. The van der Waals surface area contributed by atoms with E-state index in [1.165, 1.54) is 16.3 Å². The summed E-state index contributed by atoms with van der Waals surface area (Å²) in [4.78, 5) is 25.5. The first kappa shape index (κ1) is 14.7. The van der Waals surface area contributed by atoms with E-state index in [0.717, 1.165) is 10.7 Å². The normalized spacial score (nSPS) is 10.8. The van der Waals surface area contributed by atoms with E-state index in [0.29, 0.717) is 10.8 Å². The van der Waals surface area contributed by atoms with Crippen LogP contribution in [0.4, 0.5) is 5.69 Å². The van der Waals surface area contributed by atoms with Crippen molar-refractivity contribution in [2.75, 3.05) is 11.1 Å². The minimum Gasteiger partial charge on any atom is -0.325 e. The number of fused-ring (bicyclic) bond motifs is 1. The number of halogens is 1. The Kier molecular flexibility index (Phi) is 4.20. The summed E-state index contributed by atoms with van der Waals surface area (Å²) in [5.41, 5.74) is 0.354. The zero-order valence-corrected chi connectivity index (χ0v) is 13.4. The van der Waals surface area contributed by atoms with Gasteiger partial charge in [0.2, 0.25) is 11.1 Å². The second-order valence-corrected chi connectivity index (χ2v) is 6.05. The molecule has 0 spiro atoms. The van der Waals surface area contributed by atoms with Crippen LogP contribution in [0, 0.1) is 0 Å². The molecule has 0 radical (unpaired) electrons. The van der Waals surface area contributed by atoms with Gasteiger partial charge in [-0.15, -0.1) is 10.2 Å². The number of H-pyrrole nitrogens is 1. The number of carbonyl (C=O) groups is 1. The molecule has 2 heterocycles. The Labute approximate surface area is 136 Å². The monoisotopic (exact) mass is 380 g/mol. The maximum Gasteiger partial charge on any atom is 0.271 e. The molecule has 3 rings (SSSR count). The van der Waals surface area contributed by atoms with E-state index >= 15 is 0 Å². The van der Waals surface area contributed by atoms with E-state index in [1.807, 2.05) is 12.1 Å². The molecule has 112 valence electrons. The predicted molar refractivity (Wildman–Crippen MR) is 84.9 cm³/mol. The van der Waals surface area contributed by atoms with Crippen LogP contribution in [-0.4, -0.2) is 36.5 Å². The average Bonchev–Trinajstić information content (AvgIpc) is 2.89. The molecule has 0 aliphatic carbocycles. The van der Waals surface area contributed by atoms with Crippen LogP contribution >= 0.6 is 27.7 Å². The number of hydrogen-bond donors (Lipinski definition) is 2. The Morgan fingerprint density at radius 2 is 2.09 bits per heavy atom. The summed E-state index contributed by atoms with van der Waals surface area (Å²) in [7, 11) is 0. The van der Waals surface area contributed by atoms with Crippen LogP contribution in [0.1, 0.15) is 0 Å². The topological polar surface area (TPSA) is 105 Å². The van der Waals surface area contributed by atoms with Gasteiger partial charge in [-0.1, -0.05) is 27.7 Å². The lowest BCUT2D eigenvalue weighted by Crippen LogP contribution is -2.14. The molecule has 22 heavy (non-hydrogen) atoms. The van der Waals surface area contributed by atoms with E-state index in [9.17, 15) is 9.59 Å². The highest BCUT2D eigenvalue weighted by molar-refractivity contribution is 9.10. The van der Waals surface area contributed by atoms with Crippen LogP contribution in [0.3, 0.4) is 0 Å². The Morgan fingerprint density at radius 1 is 1.32 bits per heavy atom. The highest BCUT2D eigenvalue weighted by Crippen LogP contribution is 2.17. The van der Waals surface area contributed by atoms with Crippen LogP contribution in [0.2, 0.25) is 0 Å². The summed E-state index contributed by atoms with van der Waals surface area (Å²) < 4.78 is 2.31. The third kappa shape index (κ3) is 3.34. The van der Waals surface area contributed by atoms with E-state index in [2.05, 4.69) is 41.5 Å². The number of aromatic nitrogens is 5. The molecule has 1 amide bonds. The minimum atomic E-state index is -0.357. The molecular weight excluding hydrogens is 372 g/mol. The first-order chi connectivity index (χ1) is 10.6. The number of aromatic amines is 1. The van der Waals surface area contributed by atoms with Gasteiger partial charge >= 0.3 is 0 Å². The van der Waals surface area contributed by atoms with Gasteiger partial charge in [0, 0.05) is 10.2 Å². The first-order valence-corrected chi connectivity index (χ1v) is 7.88. The molecule has 3 aromatic rings. The number of carbonyl (C=O) groups excluding carboxylic acids is 1. The largest absolute Gasteiger partial charge is 0.325 e. The van der Waals surface area contributed by atoms with Gasteiger partial charge < -0.3 is 5.32 Å². The van der Waals surface area contributed by atoms with Crippen molar-refractivity contribution in [1.29, 1.82) is 0 Å². The van der Waals surface area contributed by atoms with E-state index in [1.54, 1.807) is 12.1 Å². The summed E-state index contributed by atoms with van der Waals surface area (Å²) >= 11 is 4.51. The van der Waals surface area contributed by atoms with Crippen LogP contribution in [0.5, 0.6) is 0 Å². The zero-order valence-electron chi connectivity index (χ0n) is 11.0. The van der Waals surface area contributed by atoms with Gasteiger partial charge in [0.25, 0.3) is 11.3 Å². The molecule has 2 aromatic heterocycles. The van der Waals surface area contributed by atoms with Crippen molar-refractivity contribution in [2.24, 2.45) is 0 Å². The molecule has 0 aliphatic heterocycles. The molecule has 0 aliphatic rings. The molecule has 0 fully saturated rings. The van der Waals surface area contributed by atoms with Crippen molar-refractivity contribution in [3.8, 4) is 0 Å². The number of thioether (sulfide) groups is 1. The van der Waals surface area contributed by atoms with Gasteiger partial charge in [0.05, 0.1) is 5.75 Å². The molecule has 10 heteroatoms. The number of rotatable bonds is 4. The van der Waals surface area contributed by atoms with Crippen LogP contribution in [0.15, 0.2) is 44.9 Å². The number of nitrogens with zero attached hydrogens (tertiary/aromatic N) is 4. The lowest BCUT2D eigenvalue weighted by atomic mass is 10.3. The lowest BCUT2D eigenvalue weighted by molar-refractivity contribution is -0.113. The Morgan fingerprint density at radius 3 is 2.86 bits per heavy atom. The molecular formula is C12H9BrN6O2S. The highest BCUT2D eigenvalue weighted by atomic mass is 79.9. The summed E-state index contributed by atoms with van der Waals surface area (Å²) in [5, 5.41) is 14.8. The molecule has 0 saturated heterocycles. The van der Waals surface area contributed by atoms with E-state index in [-0.39, 0.29) is 23.0 Å². The van der Waals surface area contributed by atoms with Crippen molar-refractivity contribution in [2.45, 2.75) is 5.16 Å². The van der Waals surface area contributed by atoms with Crippen molar-refractivity contribution in [1.82, 2.24) is 24.8 Å². The number of nitrogens with one attached hydrogen (secondary N) is 2. The van der Waals surface area contributed by atoms with Gasteiger partial charge in [-0.25, -0.2) is 0 Å².